The van der Waals surface area contributed by atoms with Crippen LogP contribution in [0.2, 0.25) is 0 Å². The summed E-state index contributed by atoms with van der Waals surface area (Å²) in [6.45, 7) is 4.09. The van der Waals surface area contributed by atoms with Gasteiger partial charge in [-0.2, -0.15) is 0 Å². The Morgan fingerprint density at radius 3 is 2.75 bits per heavy atom. The fourth-order valence-corrected chi connectivity index (χ4v) is 2.57. The molecular formula is C13H17BrN2. The molecule has 2 rings (SSSR count). The molecule has 1 aliphatic rings. The van der Waals surface area contributed by atoms with Crippen LogP contribution in [0.5, 0.6) is 0 Å². The van der Waals surface area contributed by atoms with Gasteiger partial charge in [-0.25, -0.2) is 0 Å². The van der Waals surface area contributed by atoms with E-state index in [1.807, 2.05) is 6.92 Å². The van der Waals surface area contributed by atoms with Crippen LogP contribution in [0.1, 0.15) is 24.9 Å². The second-order valence-electron chi connectivity index (χ2n) is 4.21. The Labute approximate surface area is 105 Å². The van der Waals surface area contributed by atoms with Crippen LogP contribution < -0.4 is 10.6 Å². The van der Waals surface area contributed by atoms with E-state index in [9.17, 15) is 0 Å². The topological polar surface area (TPSA) is 29.3 Å². The van der Waals surface area contributed by atoms with Crippen LogP contribution in [0.4, 0.5) is 5.69 Å². The molecule has 1 aliphatic heterocycles. The van der Waals surface area contributed by atoms with E-state index in [-0.39, 0.29) is 6.04 Å². The van der Waals surface area contributed by atoms with Crippen LogP contribution in [0.15, 0.2) is 34.8 Å². The molecule has 1 aromatic carbocycles. The minimum Gasteiger partial charge on any atom is -0.367 e. The third-order valence-corrected chi connectivity index (χ3v) is 3.53. The van der Waals surface area contributed by atoms with Gasteiger partial charge in [0.1, 0.15) is 0 Å². The van der Waals surface area contributed by atoms with Crippen LogP contribution in [-0.2, 0) is 0 Å². The average molecular weight is 281 g/mol. The maximum absolute atomic E-state index is 5.87. The SMILES string of the molecule is C[C@@H](N)c1ccc(N2CC=CCC2)c(Br)c1. The Morgan fingerprint density at radius 2 is 2.19 bits per heavy atom. The predicted molar refractivity (Wildman–Crippen MR) is 72.7 cm³/mol. The van der Waals surface area contributed by atoms with Crippen molar-refractivity contribution in [3.63, 3.8) is 0 Å². The van der Waals surface area contributed by atoms with E-state index >= 15 is 0 Å². The lowest BCUT2D eigenvalue weighted by molar-refractivity contribution is 0.805. The van der Waals surface area contributed by atoms with Crippen LogP contribution in [0, 0.1) is 0 Å². The zero-order chi connectivity index (χ0) is 11.5. The summed E-state index contributed by atoms with van der Waals surface area (Å²) in [4.78, 5) is 2.37. The van der Waals surface area contributed by atoms with E-state index in [0.717, 1.165) is 24.0 Å². The lowest BCUT2D eigenvalue weighted by atomic mass is 10.1. The van der Waals surface area contributed by atoms with Crippen LogP contribution in [0.25, 0.3) is 0 Å². The summed E-state index contributed by atoms with van der Waals surface area (Å²) < 4.78 is 1.14. The summed E-state index contributed by atoms with van der Waals surface area (Å²) in [6, 6.07) is 6.48. The van der Waals surface area contributed by atoms with Crippen LogP contribution in [0.3, 0.4) is 0 Å². The molecule has 2 N–H and O–H groups in total. The van der Waals surface area contributed by atoms with Crippen molar-refractivity contribution >= 4 is 21.6 Å². The molecule has 16 heavy (non-hydrogen) atoms. The molecule has 0 spiro atoms. The first-order chi connectivity index (χ1) is 7.68. The first-order valence-corrected chi connectivity index (χ1v) is 6.43. The quantitative estimate of drug-likeness (QED) is 0.843. The van der Waals surface area contributed by atoms with E-state index < -0.39 is 0 Å². The van der Waals surface area contributed by atoms with Gasteiger partial charge < -0.3 is 10.6 Å². The van der Waals surface area contributed by atoms with Crippen molar-refractivity contribution in [2.24, 2.45) is 5.73 Å². The molecule has 0 unspecified atom stereocenters. The minimum atomic E-state index is 0.0894. The first-order valence-electron chi connectivity index (χ1n) is 5.63. The zero-order valence-corrected chi connectivity index (χ0v) is 11.1. The first kappa shape index (κ1) is 11.7. The molecule has 0 bridgehead atoms. The van der Waals surface area contributed by atoms with E-state index in [1.54, 1.807) is 0 Å². The number of nitrogens with zero attached hydrogens (tertiary/aromatic N) is 1. The van der Waals surface area contributed by atoms with Gasteiger partial charge in [0, 0.05) is 23.6 Å². The Balaban J connectivity index is 2.25. The lowest BCUT2D eigenvalue weighted by Crippen LogP contribution is -2.27. The third kappa shape index (κ3) is 2.47. The van der Waals surface area contributed by atoms with Gasteiger partial charge in [-0.1, -0.05) is 18.2 Å². The van der Waals surface area contributed by atoms with Gasteiger partial charge in [0.05, 0.1) is 5.69 Å². The van der Waals surface area contributed by atoms with Gasteiger partial charge in [-0.15, -0.1) is 0 Å². The fourth-order valence-electron chi connectivity index (χ4n) is 1.92. The van der Waals surface area contributed by atoms with Gasteiger partial charge in [0.2, 0.25) is 0 Å². The van der Waals surface area contributed by atoms with Crippen LogP contribution in [-0.4, -0.2) is 13.1 Å². The van der Waals surface area contributed by atoms with Crippen molar-refractivity contribution < 1.29 is 0 Å². The number of nitrogens with two attached hydrogens (primary N) is 1. The van der Waals surface area contributed by atoms with Gasteiger partial charge >= 0.3 is 0 Å². The summed E-state index contributed by atoms with van der Waals surface area (Å²) in [5.41, 5.74) is 8.29. The molecule has 0 saturated carbocycles. The highest BCUT2D eigenvalue weighted by Gasteiger charge is 2.11. The monoisotopic (exact) mass is 280 g/mol. The molecule has 0 fully saturated rings. The summed E-state index contributed by atoms with van der Waals surface area (Å²) in [5, 5.41) is 0. The predicted octanol–water partition coefficient (Wildman–Crippen LogP) is 3.24. The smallest absolute Gasteiger partial charge is 0.0513 e. The molecule has 0 radical (unpaired) electrons. The van der Waals surface area contributed by atoms with Crippen molar-refractivity contribution in [3.8, 4) is 0 Å². The van der Waals surface area contributed by atoms with Crippen molar-refractivity contribution in [3.05, 3.63) is 40.4 Å². The van der Waals surface area contributed by atoms with E-state index in [4.69, 9.17) is 5.73 Å². The molecule has 3 heteroatoms. The van der Waals surface area contributed by atoms with Crippen molar-refractivity contribution in [2.45, 2.75) is 19.4 Å². The zero-order valence-electron chi connectivity index (χ0n) is 9.49. The molecule has 1 atom stereocenters. The highest BCUT2D eigenvalue weighted by atomic mass is 79.9. The average Bonchev–Trinajstić information content (AvgIpc) is 2.30. The highest BCUT2D eigenvalue weighted by molar-refractivity contribution is 9.10. The van der Waals surface area contributed by atoms with Gasteiger partial charge in [-0.05, 0) is 47.0 Å². The van der Waals surface area contributed by atoms with E-state index in [2.05, 4.69) is 51.2 Å². The van der Waals surface area contributed by atoms with Gasteiger partial charge in [0.25, 0.3) is 0 Å². The number of benzene rings is 1. The second-order valence-corrected chi connectivity index (χ2v) is 5.06. The Bertz CT molecular complexity index is 399. The molecular weight excluding hydrogens is 264 g/mol. The number of hydrogen-bond donors (Lipinski definition) is 1. The van der Waals surface area contributed by atoms with Crippen molar-refractivity contribution in [1.82, 2.24) is 0 Å². The standard InChI is InChI=1S/C13H17BrN2/c1-10(15)11-5-6-13(12(14)9-11)16-7-3-2-4-8-16/h2-3,5-6,9-10H,4,7-8,15H2,1H3/t10-/m1/s1. The second kappa shape index (κ2) is 5.02. The molecule has 1 aromatic rings. The highest BCUT2D eigenvalue weighted by Crippen LogP contribution is 2.29. The van der Waals surface area contributed by atoms with Crippen LogP contribution >= 0.6 is 15.9 Å². The summed E-state index contributed by atoms with van der Waals surface area (Å²) >= 11 is 3.63. The van der Waals surface area contributed by atoms with Gasteiger partial charge in [-0.3, -0.25) is 0 Å². The third-order valence-electron chi connectivity index (χ3n) is 2.90. The number of anilines is 1. The minimum absolute atomic E-state index is 0.0894. The number of rotatable bonds is 2. The maximum Gasteiger partial charge on any atom is 0.0513 e. The Kier molecular flexibility index (Phi) is 3.66. The van der Waals surface area contributed by atoms with Gasteiger partial charge in [0.15, 0.2) is 0 Å². The Hall–Kier alpha value is -0.800. The van der Waals surface area contributed by atoms with Crippen molar-refractivity contribution in [1.29, 1.82) is 0 Å². The molecule has 0 amide bonds. The normalized spacial score (nSPS) is 17.6. The molecule has 86 valence electrons. The molecule has 0 saturated heterocycles. The van der Waals surface area contributed by atoms with E-state index in [0.29, 0.717) is 0 Å². The number of halogens is 1. The Morgan fingerprint density at radius 1 is 1.38 bits per heavy atom. The summed E-state index contributed by atoms with van der Waals surface area (Å²) in [5.74, 6) is 0. The summed E-state index contributed by atoms with van der Waals surface area (Å²) in [6.07, 6.45) is 5.58. The maximum atomic E-state index is 5.87. The number of hydrogen-bond acceptors (Lipinski definition) is 2. The largest absolute Gasteiger partial charge is 0.367 e. The van der Waals surface area contributed by atoms with E-state index in [1.165, 1.54) is 11.3 Å². The summed E-state index contributed by atoms with van der Waals surface area (Å²) in [7, 11) is 0. The molecule has 0 aromatic heterocycles. The molecule has 2 nitrogen and oxygen atoms in total. The van der Waals surface area contributed by atoms with Crippen molar-refractivity contribution in [2.75, 3.05) is 18.0 Å². The lowest BCUT2D eigenvalue weighted by Gasteiger charge is -2.27. The molecule has 0 aliphatic carbocycles. The fraction of sp³-hybridized carbons (Fsp3) is 0.385. The molecule has 1 heterocycles.